The number of anilines is 1. The molecule has 0 unspecified atom stereocenters. The van der Waals surface area contributed by atoms with E-state index in [-0.39, 0.29) is 12.0 Å². The zero-order valence-electron chi connectivity index (χ0n) is 10.2. The van der Waals surface area contributed by atoms with Crippen LogP contribution in [0.5, 0.6) is 0 Å². The van der Waals surface area contributed by atoms with Crippen molar-refractivity contribution in [2.75, 3.05) is 18.5 Å². The van der Waals surface area contributed by atoms with Crippen LogP contribution < -0.4 is 11.1 Å². The van der Waals surface area contributed by atoms with E-state index >= 15 is 0 Å². The first-order chi connectivity index (χ1) is 7.94. The number of nitrogens with two attached hydrogens (primary N) is 1. The number of nitrogens with one attached hydrogen (secondary N) is 1. The quantitative estimate of drug-likeness (QED) is 0.688. The van der Waals surface area contributed by atoms with Crippen LogP contribution in [0.3, 0.4) is 0 Å². The molecule has 0 saturated heterocycles. The number of nitrogens with zero attached hydrogens (tertiary/aromatic N) is 1. The van der Waals surface area contributed by atoms with Crippen LogP contribution in [0.1, 0.15) is 30.6 Å². The third-order valence-electron chi connectivity index (χ3n) is 2.58. The zero-order chi connectivity index (χ0) is 12.9. The van der Waals surface area contributed by atoms with Gasteiger partial charge in [-0.2, -0.15) is 0 Å². The number of carbonyl (C=O) groups is 1. The van der Waals surface area contributed by atoms with Gasteiger partial charge in [0, 0.05) is 19.3 Å². The third-order valence-corrected chi connectivity index (χ3v) is 2.58. The molecule has 0 aliphatic heterocycles. The number of amides is 1. The molecule has 1 heterocycles. The summed E-state index contributed by atoms with van der Waals surface area (Å²) in [6.45, 7) is 5.00. The predicted molar refractivity (Wildman–Crippen MR) is 66.7 cm³/mol. The Bertz CT molecular complexity index is 374. The topological polar surface area (TPSA) is 88.2 Å². The van der Waals surface area contributed by atoms with Gasteiger partial charge in [-0.25, -0.2) is 4.98 Å². The summed E-state index contributed by atoms with van der Waals surface area (Å²) in [4.78, 5) is 14.9. The first-order valence-corrected chi connectivity index (χ1v) is 5.55. The average molecular weight is 237 g/mol. The van der Waals surface area contributed by atoms with Crippen molar-refractivity contribution in [3.63, 3.8) is 0 Å². The molecule has 5 heteroatoms. The van der Waals surface area contributed by atoms with Crippen LogP contribution in [0.25, 0.3) is 0 Å². The van der Waals surface area contributed by atoms with Gasteiger partial charge in [0.25, 0.3) is 0 Å². The molecule has 1 amide bonds. The molecule has 0 bridgehead atoms. The molecule has 94 valence electrons. The van der Waals surface area contributed by atoms with Gasteiger partial charge in [0.1, 0.15) is 5.82 Å². The second-order valence-corrected chi connectivity index (χ2v) is 4.79. The van der Waals surface area contributed by atoms with Crippen LogP contribution in [0.15, 0.2) is 18.3 Å². The molecule has 17 heavy (non-hydrogen) atoms. The van der Waals surface area contributed by atoms with Crippen LogP contribution in [0, 0.1) is 5.41 Å². The molecule has 4 N–H and O–H groups in total. The molecule has 0 aliphatic carbocycles. The van der Waals surface area contributed by atoms with Crippen molar-refractivity contribution in [3.8, 4) is 0 Å². The lowest BCUT2D eigenvalue weighted by molar-refractivity contribution is 0.1000. The molecule has 5 nitrogen and oxygen atoms in total. The van der Waals surface area contributed by atoms with E-state index in [1.54, 1.807) is 12.1 Å². The Morgan fingerprint density at radius 3 is 2.71 bits per heavy atom. The number of rotatable bonds is 6. The predicted octanol–water partition coefficient (Wildman–Crippen LogP) is 1.00. The molecule has 0 aliphatic rings. The van der Waals surface area contributed by atoms with Crippen LogP contribution in [-0.2, 0) is 0 Å². The summed E-state index contributed by atoms with van der Waals surface area (Å²) in [5.41, 5.74) is 5.51. The number of carbonyl (C=O) groups excluding carboxylic acids is 1. The van der Waals surface area contributed by atoms with Crippen molar-refractivity contribution in [1.82, 2.24) is 4.98 Å². The number of aliphatic hydroxyl groups excluding tert-OH is 1. The molecule has 0 spiro atoms. The smallest absolute Gasteiger partial charge is 0.250 e. The monoisotopic (exact) mass is 237 g/mol. The number of aliphatic hydroxyl groups is 1. The van der Waals surface area contributed by atoms with Gasteiger partial charge in [0.2, 0.25) is 5.91 Å². The van der Waals surface area contributed by atoms with Gasteiger partial charge in [-0.3, -0.25) is 4.79 Å². The molecular formula is C12H19N3O2. The molecule has 1 aromatic rings. The fourth-order valence-corrected chi connectivity index (χ4v) is 1.37. The summed E-state index contributed by atoms with van der Waals surface area (Å²) in [5, 5.41) is 12.1. The second kappa shape index (κ2) is 5.63. The Morgan fingerprint density at radius 2 is 2.24 bits per heavy atom. The highest BCUT2D eigenvalue weighted by atomic mass is 16.3. The number of aromatic nitrogens is 1. The maximum atomic E-state index is 10.8. The number of pyridine rings is 1. The highest BCUT2D eigenvalue weighted by Gasteiger charge is 2.16. The fourth-order valence-electron chi connectivity index (χ4n) is 1.37. The Morgan fingerprint density at radius 1 is 1.53 bits per heavy atom. The number of hydrogen-bond acceptors (Lipinski definition) is 4. The minimum atomic E-state index is -0.482. The molecule has 0 atom stereocenters. The molecule has 0 aromatic carbocycles. The summed E-state index contributed by atoms with van der Waals surface area (Å²) in [6, 6.07) is 3.35. The molecule has 1 aromatic heterocycles. The van der Waals surface area contributed by atoms with Gasteiger partial charge in [-0.05, 0) is 24.0 Å². The molecule has 0 fully saturated rings. The minimum absolute atomic E-state index is 0.00120. The molecular weight excluding hydrogens is 218 g/mol. The highest BCUT2D eigenvalue weighted by Crippen LogP contribution is 2.20. The van der Waals surface area contributed by atoms with Gasteiger partial charge < -0.3 is 16.2 Å². The van der Waals surface area contributed by atoms with E-state index in [4.69, 9.17) is 10.8 Å². The van der Waals surface area contributed by atoms with Crippen LogP contribution in [-0.4, -0.2) is 29.1 Å². The summed E-state index contributed by atoms with van der Waals surface area (Å²) < 4.78 is 0. The van der Waals surface area contributed by atoms with Crippen molar-refractivity contribution < 1.29 is 9.90 Å². The minimum Gasteiger partial charge on any atom is -0.396 e. The Labute approximate surface area is 101 Å². The van der Waals surface area contributed by atoms with E-state index in [2.05, 4.69) is 24.1 Å². The molecule has 0 radical (unpaired) electrons. The van der Waals surface area contributed by atoms with E-state index in [0.717, 1.165) is 6.42 Å². The number of primary amides is 1. The summed E-state index contributed by atoms with van der Waals surface area (Å²) in [5.74, 6) is 0.214. The Balaban J connectivity index is 2.55. The lowest BCUT2D eigenvalue weighted by atomic mass is 9.90. The first kappa shape index (κ1) is 13.4. The van der Waals surface area contributed by atoms with Crippen LogP contribution >= 0.6 is 0 Å². The normalized spacial score (nSPS) is 11.2. The summed E-state index contributed by atoms with van der Waals surface area (Å²) >= 11 is 0. The van der Waals surface area contributed by atoms with Crippen molar-refractivity contribution in [2.45, 2.75) is 20.3 Å². The summed E-state index contributed by atoms with van der Waals surface area (Å²) in [7, 11) is 0. The van der Waals surface area contributed by atoms with Gasteiger partial charge in [-0.1, -0.05) is 13.8 Å². The first-order valence-electron chi connectivity index (χ1n) is 5.55. The largest absolute Gasteiger partial charge is 0.396 e. The van der Waals surface area contributed by atoms with Gasteiger partial charge in [0.15, 0.2) is 0 Å². The van der Waals surface area contributed by atoms with E-state index < -0.39 is 5.91 Å². The third kappa shape index (κ3) is 4.40. The van der Waals surface area contributed by atoms with Crippen molar-refractivity contribution in [3.05, 3.63) is 23.9 Å². The Hall–Kier alpha value is -1.62. The summed E-state index contributed by atoms with van der Waals surface area (Å²) in [6.07, 6.45) is 2.17. The van der Waals surface area contributed by atoms with E-state index in [1.165, 1.54) is 6.20 Å². The Kier molecular flexibility index (Phi) is 4.45. The SMILES string of the molecule is CC(C)(CCO)CNc1ccc(C(N)=O)cn1. The van der Waals surface area contributed by atoms with Gasteiger partial charge in [-0.15, -0.1) is 0 Å². The standard InChI is InChI=1S/C12H19N3O2/c1-12(2,5-6-16)8-15-10-4-3-9(7-14-10)11(13)17/h3-4,7,16H,5-6,8H2,1-2H3,(H2,13,17)(H,14,15). The van der Waals surface area contributed by atoms with Gasteiger partial charge >= 0.3 is 0 Å². The molecule has 1 rings (SSSR count). The second-order valence-electron chi connectivity index (χ2n) is 4.79. The number of hydrogen-bond donors (Lipinski definition) is 3. The van der Waals surface area contributed by atoms with E-state index in [0.29, 0.717) is 17.9 Å². The van der Waals surface area contributed by atoms with Crippen molar-refractivity contribution in [1.29, 1.82) is 0 Å². The van der Waals surface area contributed by atoms with Crippen LogP contribution in [0.4, 0.5) is 5.82 Å². The maximum absolute atomic E-state index is 10.8. The average Bonchev–Trinajstić information content (AvgIpc) is 2.27. The fraction of sp³-hybridized carbons (Fsp3) is 0.500. The molecule has 0 saturated carbocycles. The zero-order valence-corrected chi connectivity index (χ0v) is 10.2. The van der Waals surface area contributed by atoms with Gasteiger partial charge in [0.05, 0.1) is 5.56 Å². The van der Waals surface area contributed by atoms with Crippen LogP contribution in [0.2, 0.25) is 0 Å². The van der Waals surface area contributed by atoms with Crippen molar-refractivity contribution in [2.24, 2.45) is 11.1 Å². The lowest BCUT2D eigenvalue weighted by Crippen LogP contribution is -2.24. The highest BCUT2D eigenvalue weighted by molar-refractivity contribution is 5.92. The lowest BCUT2D eigenvalue weighted by Gasteiger charge is -2.24. The van der Waals surface area contributed by atoms with E-state index in [1.807, 2.05) is 0 Å². The van der Waals surface area contributed by atoms with Crippen molar-refractivity contribution >= 4 is 11.7 Å². The maximum Gasteiger partial charge on any atom is 0.250 e. The van der Waals surface area contributed by atoms with E-state index in [9.17, 15) is 4.79 Å².